The third-order valence-corrected chi connectivity index (χ3v) is 5.03. The van der Waals surface area contributed by atoms with Crippen LogP contribution in [-0.4, -0.2) is 18.1 Å². The molecule has 2 nitrogen and oxygen atoms in total. The Hall–Kier alpha value is -0.0800. The van der Waals surface area contributed by atoms with Gasteiger partial charge in [-0.25, -0.2) is 0 Å². The van der Waals surface area contributed by atoms with E-state index in [0.717, 1.165) is 6.54 Å². The first-order valence-electron chi connectivity index (χ1n) is 5.82. The van der Waals surface area contributed by atoms with Crippen LogP contribution >= 0.6 is 0 Å². The lowest BCUT2D eigenvalue weighted by molar-refractivity contribution is 0.234. The van der Waals surface area contributed by atoms with Crippen molar-refractivity contribution >= 4 is 0 Å². The van der Waals surface area contributed by atoms with E-state index in [2.05, 4.69) is 33.0 Å². The normalized spacial score (nSPS) is 32.4. The molecule has 0 aliphatic heterocycles. The molecule has 3 N–H and O–H groups in total. The smallest absolute Gasteiger partial charge is 0.0280 e. The molecule has 0 heterocycles. The van der Waals surface area contributed by atoms with Gasteiger partial charge in [0.15, 0.2) is 0 Å². The third-order valence-electron chi connectivity index (χ3n) is 5.03. The lowest BCUT2D eigenvalue weighted by Crippen LogP contribution is -2.54. The van der Waals surface area contributed by atoms with Crippen molar-refractivity contribution in [3.8, 4) is 0 Å². The molecule has 0 unspecified atom stereocenters. The average Bonchev–Trinajstić information content (AvgIpc) is 2.37. The van der Waals surface area contributed by atoms with Crippen LogP contribution < -0.4 is 11.1 Å². The quantitative estimate of drug-likeness (QED) is 0.723. The average molecular weight is 196 g/mol. The van der Waals surface area contributed by atoms with E-state index >= 15 is 0 Å². The Balaban J connectivity index is 1.83. The van der Waals surface area contributed by atoms with Crippen LogP contribution in [0.5, 0.6) is 0 Å². The topological polar surface area (TPSA) is 38.0 Å². The van der Waals surface area contributed by atoms with Crippen LogP contribution in [0.2, 0.25) is 0 Å². The molecule has 2 aliphatic carbocycles. The molecule has 14 heavy (non-hydrogen) atoms. The summed E-state index contributed by atoms with van der Waals surface area (Å²) in [4.78, 5) is 0. The summed E-state index contributed by atoms with van der Waals surface area (Å²) in [5.41, 5.74) is 7.19. The maximum atomic E-state index is 6.19. The first-order chi connectivity index (χ1) is 6.30. The van der Waals surface area contributed by atoms with E-state index in [1.165, 1.54) is 19.3 Å². The fourth-order valence-electron chi connectivity index (χ4n) is 2.82. The van der Waals surface area contributed by atoms with Crippen LogP contribution in [0.1, 0.15) is 47.0 Å². The van der Waals surface area contributed by atoms with Gasteiger partial charge in [-0.3, -0.25) is 0 Å². The molecule has 0 aromatic rings. The van der Waals surface area contributed by atoms with Crippen molar-refractivity contribution in [2.75, 3.05) is 6.54 Å². The van der Waals surface area contributed by atoms with Gasteiger partial charge in [0.2, 0.25) is 0 Å². The summed E-state index contributed by atoms with van der Waals surface area (Å²) in [6.45, 7) is 10.4. The predicted octanol–water partition coefficient (Wildman–Crippen LogP) is 1.89. The highest BCUT2D eigenvalue weighted by Crippen LogP contribution is 2.62. The summed E-state index contributed by atoms with van der Waals surface area (Å²) < 4.78 is 0. The highest BCUT2D eigenvalue weighted by atomic mass is 15.1. The van der Waals surface area contributed by atoms with Gasteiger partial charge in [0.25, 0.3) is 0 Å². The van der Waals surface area contributed by atoms with Crippen LogP contribution in [0, 0.1) is 10.8 Å². The van der Waals surface area contributed by atoms with Crippen molar-refractivity contribution in [2.24, 2.45) is 16.6 Å². The van der Waals surface area contributed by atoms with E-state index in [-0.39, 0.29) is 5.54 Å². The highest BCUT2D eigenvalue weighted by Gasteiger charge is 2.64. The Kier molecular flexibility index (Phi) is 2.04. The maximum Gasteiger partial charge on any atom is 0.0280 e. The molecule has 0 amide bonds. The molecule has 0 saturated heterocycles. The van der Waals surface area contributed by atoms with Crippen LogP contribution in [-0.2, 0) is 0 Å². The number of hydrogen-bond donors (Lipinski definition) is 2. The Morgan fingerprint density at radius 1 is 1.14 bits per heavy atom. The Morgan fingerprint density at radius 2 is 1.64 bits per heavy atom. The second-order valence-electron chi connectivity index (χ2n) is 6.47. The van der Waals surface area contributed by atoms with E-state index in [0.29, 0.717) is 16.9 Å². The van der Waals surface area contributed by atoms with Crippen molar-refractivity contribution < 1.29 is 0 Å². The zero-order valence-electron chi connectivity index (χ0n) is 9.98. The van der Waals surface area contributed by atoms with Gasteiger partial charge in [0, 0.05) is 18.1 Å². The number of nitrogens with two attached hydrogens (primary N) is 1. The Labute approximate surface area is 87.6 Å². The summed E-state index contributed by atoms with van der Waals surface area (Å²) in [5.74, 6) is 0. The minimum Gasteiger partial charge on any atom is -0.324 e. The van der Waals surface area contributed by atoms with Gasteiger partial charge in [0.1, 0.15) is 0 Å². The molecule has 2 heteroatoms. The molecule has 82 valence electrons. The zero-order chi connectivity index (χ0) is 10.6. The summed E-state index contributed by atoms with van der Waals surface area (Å²) in [7, 11) is 0. The van der Waals surface area contributed by atoms with Crippen molar-refractivity contribution in [3.05, 3.63) is 0 Å². The lowest BCUT2D eigenvalue weighted by atomic mass is 9.78. The Morgan fingerprint density at radius 3 is 1.93 bits per heavy atom. The van der Waals surface area contributed by atoms with E-state index in [1.807, 2.05) is 0 Å². The molecular weight excluding hydrogens is 172 g/mol. The monoisotopic (exact) mass is 196 g/mol. The van der Waals surface area contributed by atoms with Crippen molar-refractivity contribution in [2.45, 2.75) is 58.5 Å². The van der Waals surface area contributed by atoms with E-state index in [4.69, 9.17) is 5.73 Å². The SMILES string of the molecule is CC1(C)C(NCC2(N)CCC2)C1(C)C. The highest BCUT2D eigenvalue weighted by molar-refractivity contribution is 5.18. The van der Waals surface area contributed by atoms with Gasteiger partial charge in [-0.05, 0) is 30.1 Å². The van der Waals surface area contributed by atoms with Gasteiger partial charge < -0.3 is 11.1 Å². The summed E-state index contributed by atoms with van der Waals surface area (Å²) in [5, 5.41) is 3.65. The number of nitrogens with one attached hydrogen (secondary N) is 1. The molecule has 0 aromatic heterocycles. The van der Waals surface area contributed by atoms with Crippen molar-refractivity contribution in [3.63, 3.8) is 0 Å². The standard InChI is InChI=1S/C12H24N2/c1-10(2)9(11(10,3)4)14-8-12(13)6-5-7-12/h9,14H,5-8,13H2,1-4H3. The summed E-state index contributed by atoms with van der Waals surface area (Å²) >= 11 is 0. The van der Waals surface area contributed by atoms with Gasteiger partial charge in [-0.2, -0.15) is 0 Å². The zero-order valence-corrected chi connectivity index (χ0v) is 9.98. The maximum absolute atomic E-state index is 6.19. The molecule has 0 aromatic carbocycles. The summed E-state index contributed by atoms with van der Waals surface area (Å²) in [6.07, 6.45) is 3.72. The predicted molar refractivity (Wildman–Crippen MR) is 60.1 cm³/mol. The van der Waals surface area contributed by atoms with Gasteiger partial charge in [0.05, 0.1) is 0 Å². The van der Waals surface area contributed by atoms with E-state index < -0.39 is 0 Å². The van der Waals surface area contributed by atoms with Crippen LogP contribution in [0.25, 0.3) is 0 Å². The van der Waals surface area contributed by atoms with Gasteiger partial charge in [-0.1, -0.05) is 27.7 Å². The lowest BCUT2D eigenvalue weighted by Gasteiger charge is -2.38. The number of rotatable bonds is 3. The fourth-order valence-corrected chi connectivity index (χ4v) is 2.82. The molecule has 0 atom stereocenters. The number of hydrogen-bond acceptors (Lipinski definition) is 2. The third kappa shape index (κ3) is 1.31. The van der Waals surface area contributed by atoms with E-state index in [9.17, 15) is 0 Å². The van der Waals surface area contributed by atoms with Crippen molar-refractivity contribution in [1.82, 2.24) is 5.32 Å². The largest absolute Gasteiger partial charge is 0.324 e. The van der Waals surface area contributed by atoms with Crippen molar-refractivity contribution in [1.29, 1.82) is 0 Å². The molecule has 2 aliphatic rings. The second kappa shape index (κ2) is 2.73. The molecule has 0 radical (unpaired) electrons. The van der Waals surface area contributed by atoms with Gasteiger partial charge in [-0.15, -0.1) is 0 Å². The molecule has 0 spiro atoms. The van der Waals surface area contributed by atoms with E-state index in [1.54, 1.807) is 0 Å². The molecule has 2 fully saturated rings. The fraction of sp³-hybridized carbons (Fsp3) is 1.00. The minimum atomic E-state index is 0.120. The van der Waals surface area contributed by atoms with Crippen LogP contribution in [0.4, 0.5) is 0 Å². The summed E-state index contributed by atoms with van der Waals surface area (Å²) in [6, 6.07) is 0.649. The first kappa shape index (κ1) is 10.4. The second-order valence-corrected chi connectivity index (χ2v) is 6.47. The molecular formula is C12H24N2. The molecule has 2 saturated carbocycles. The van der Waals surface area contributed by atoms with Gasteiger partial charge >= 0.3 is 0 Å². The Bertz CT molecular complexity index is 225. The first-order valence-corrected chi connectivity index (χ1v) is 5.82. The molecule has 0 bridgehead atoms. The molecule has 2 rings (SSSR count). The van der Waals surface area contributed by atoms with Crippen LogP contribution in [0.15, 0.2) is 0 Å². The minimum absolute atomic E-state index is 0.120. The van der Waals surface area contributed by atoms with Crippen LogP contribution in [0.3, 0.4) is 0 Å².